The van der Waals surface area contributed by atoms with Crippen LogP contribution in [0.15, 0.2) is 57.7 Å². The van der Waals surface area contributed by atoms with E-state index in [9.17, 15) is 9.59 Å². The van der Waals surface area contributed by atoms with E-state index in [0.717, 1.165) is 5.52 Å². The largest absolute Gasteiger partial charge is 0.439 e. The molecule has 2 aromatic heterocycles. The molecule has 0 fully saturated rings. The van der Waals surface area contributed by atoms with Crippen LogP contribution in [0.5, 0.6) is 0 Å². The van der Waals surface area contributed by atoms with Gasteiger partial charge in [-0.3, -0.25) is 9.59 Å². The molecule has 0 unspecified atom stereocenters. The molecule has 0 saturated heterocycles. The molecule has 0 aliphatic rings. The van der Waals surface area contributed by atoms with Crippen LogP contribution in [0.3, 0.4) is 0 Å². The van der Waals surface area contributed by atoms with Gasteiger partial charge in [0.15, 0.2) is 5.58 Å². The summed E-state index contributed by atoms with van der Waals surface area (Å²) in [5.74, 6) is -0.330. The van der Waals surface area contributed by atoms with Gasteiger partial charge in [-0.1, -0.05) is 30.3 Å². The fourth-order valence-electron chi connectivity index (χ4n) is 2.90. The molecular weight excluding hydrogens is 332 g/mol. The Balaban J connectivity index is 1.55. The second-order valence-corrected chi connectivity index (χ2v) is 6.00. The molecule has 1 atom stereocenters. The lowest BCUT2D eigenvalue weighted by molar-refractivity contribution is -0.122. The fraction of sp³-hybridized carbons (Fsp3) is 0.158. The number of aromatic nitrogens is 3. The van der Waals surface area contributed by atoms with Crippen LogP contribution in [0, 0.1) is 0 Å². The molecule has 7 nitrogen and oxygen atoms in total. The van der Waals surface area contributed by atoms with E-state index in [-0.39, 0.29) is 18.0 Å². The van der Waals surface area contributed by atoms with Crippen molar-refractivity contribution in [2.24, 2.45) is 0 Å². The molecule has 7 heteroatoms. The number of hydrogen-bond donors (Lipinski definition) is 2. The highest BCUT2D eigenvalue weighted by Crippen LogP contribution is 2.21. The topological polar surface area (TPSA) is 101 Å². The lowest BCUT2D eigenvalue weighted by Crippen LogP contribution is -2.29. The zero-order valence-electron chi connectivity index (χ0n) is 14.0. The smallest absolute Gasteiger partial charge is 0.272 e. The number of oxazole rings is 1. The van der Waals surface area contributed by atoms with E-state index in [1.807, 2.05) is 30.3 Å². The minimum atomic E-state index is -0.541. The lowest BCUT2D eigenvalue weighted by Gasteiger charge is -2.12. The standard InChI is InChI=1S/C19H16N4O3/c1-11(17-12-6-2-3-7-13(12)19(25)23-22-17)18(24)20-10-16-21-14-8-4-5-9-15(14)26-16/h2-9,11H,10H2,1H3,(H,20,24)(H,23,25)/t11-/m0/s1. The molecule has 0 spiro atoms. The first-order valence-corrected chi connectivity index (χ1v) is 8.23. The maximum absolute atomic E-state index is 12.5. The quantitative estimate of drug-likeness (QED) is 0.590. The number of nitrogens with zero attached hydrogens (tertiary/aromatic N) is 2. The summed E-state index contributed by atoms with van der Waals surface area (Å²) in [5.41, 5.74) is 1.68. The number of hydrogen-bond acceptors (Lipinski definition) is 5. The van der Waals surface area contributed by atoms with Gasteiger partial charge in [0, 0.05) is 5.39 Å². The monoisotopic (exact) mass is 348 g/mol. The van der Waals surface area contributed by atoms with Crippen LogP contribution >= 0.6 is 0 Å². The summed E-state index contributed by atoms with van der Waals surface area (Å²) >= 11 is 0. The molecule has 26 heavy (non-hydrogen) atoms. The maximum Gasteiger partial charge on any atom is 0.272 e. The number of benzene rings is 2. The average molecular weight is 348 g/mol. The molecule has 2 aromatic carbocycles. The van der Waals surface area contributed by atoms with E-state index in [1.54, 1.807) is 25.1 Å². The molecule has 130 valence electrons. The normalized spacial score (nSPS) is 12.3. The van der Waals surface area contributed by atoms with Gasteiger partial charge in [0.2, 0.25) is 11.8 Å². The second-order valence-electron chi connectivity index (χ2n) is 6.00. The highest BCUT2D eigenvalue weighted by Gasteiger charge is 2.20. The van der Waals surface area contributed by atoms with E-state index in [4.69, 9.17) is 4.42 Å². The van der Waals surface area contributed by atoms with Crippen LogP contribution in [-0.2, 0) is 11.3 Å². The summed E-state index contributed by atoms with van der Waals surface area (Å²) in [6.07, 6.45) is 0. The number of fused-ring (bicyclic) bond motifs is 2. The van der Waals surface area contributed by atoms with Gasteiger partial charge >= 0.3 is 0 Å². The van der Waals surface area contributed by atoms with E-state index in [0.29, 0.717) is 27.9 Å². The average Bonchev–Trinajstić information content (AvgIpc) is 3.09. The Morgan fingerprint density at radius 2 is 1.88 bits per heavy atom. The Hall–Kier alpha value is -3.48. The minimum Gasteiger partial charge on any atom is -0.439 e. The third-order valence-electron chi connectivity index (χ3n) is 4.28. The predicted molar refractivity (Wildman–Crippen MR) is 96.6 cm³/mol. The number of nitrogens with one attached hydrogen (secondary N) is 2. The van der Waals surface area contributed by atoms with Gasteiger partial charge < -0.3 is 9.73 Å². The van der Waals surface area contributed by atoms with Crippen molar-refractivity contribution >= 4 is 27.8 Å². The summed E-state index contributed by atoms with van der Waals surface area (Å²) in [7, 11) is 0. The maximum atomic E-state index is 12.5. The van der Waals surface area contributed by atoms with Crippen LogP contribution in [-0.4, -0.2) is 21.1 Å². The number of rotatable bonds is 4. The first-order valence-electron chi connectivity index (χ1n) is 8.23. The van der Waals surface area contributed by atoms with E-state index < -0.39 is 5.92 Å². The Kier molecular flexibility index (Phi) is 3.96. The van der Waals surface area contributed by atoms with Crippen molar-refractivity contribution in [3.05, 3.63) is 70.5 Å². The molecule has 0 aliphatic heterocycles. The second kappa shape index (κ2) is 6.44. The van der Waals surface area contributed by atoms with Gasteiger partial charge in [-0.15, -0.1) is 0 Å². The highest BCUT2D eigenvalue weighted by atomic mass is 16.3. The molecule has 0 bridgehead atoms. The van der Waals surface area contributed by atoms with Crippen molar-refractivity contribution < 1.29 is 9.21 Å². The molecule has 0 aliphatic carbocycles. The van der Waals surface area contributed by atoms with E-state index in [2.05, 4.69) is 20.5 Å². The van der Waals surface area contributed by atoms with Crippen molar-refractivity contribution in [3.8, 4) is 0 Å². The molecular formula is C19H16N4O3. The molecule has 4 aromatic rings. The lowest BCUT2D eigenvalue weighted by atomic mass is 10.0. The Morgan fingerprint density at radius 1 is 1.15 bits per heavy atom. The molecule has 0 saturated carbocycles. The van der Waals surface area contributed by atoms with Crippen LogP contribution in [0.1, 0.15) is 24.4 Å². The number of aromatic amines is 1. The van der Waals surface area contributed by atoms with Crippen molar-refractivity contribution in [1.29, 1.82) is 0 Å². The Morgan fingerprint density at radius 3 is 2.69 bits per heavy atom. The van der Waals surface area contributed by atoms with Crippen LogP contribution < -0.4 is 10.9 Å². The van der Waals surface area contributed by atoms with Crippen LogP contribution in [0.25, 0.3) is 21.9 Å². The highest BCUT2D eigenvalue weighted by molar-refractivity contribution is 5.90. The molecule has 4 rings (SSSR count). The summed E-state index contributed by atoms with van der Waals surface area (Å²) in [4.78, 5) is 28.8. The Labute approximate surface area is 148 Å². The van der Waals surface area contributed by atoms with Gasteiger partial charge in [-0.05, 0) is 25.1 Å². The zero-order valence-corrected chi connectivity index (χ0v) is 14.0. The third-order valence-corrected chi connectivity index (χ3v) is 4.28. The fourth-order valence-corrected chi connectivity index (χ4v) is 2.90. The van der Waals surface area contributed by atoms with Gasteiger partial charge in [0.05, 0.1) is 23.5 Å². The SMILES string of the molecule is C[C@H](C(=O)NCc1nc2ccccc2o1)c1n[nH]c(=O)c2ccccc12. The first kappa shape index (κ1) is 16.0. The van der Waals surface area contributed by atoms with E-state index >= 15 is 0 Å². The van der Waals surface area contributed by atoms with Crippen molar-refractivity contribution in [3.63, 3.8) is 0 Å². The third kappa shape index (κ3) is 2.83. The number of carbonyl (C=O) groups excluding carboxylic acids is 1. The summed E-state index contributed by atoms with van der Waals surface area (Å²) in [5, 5.41) is 10.5. The minimum absolute atomic E-state index is 0.180. The Bertz CT molecular complexity index is 1130. The molecule has 0 radical (unpaired) electrons. The van der Waals surface area contributed by atoms with Gasteiger partial charge in [-0.25, -0.2) is 10.1 Å². The van der Waals surface area contributed by atoms with Crippen molar-refractivity contribution in [1.82, 2.24) is 20.5 Å². The molecule has 1 amide bonds. The molecule has 2 N–H and O–H groups in total. The number of para-hydroxylation sites is 2. The zero-order chi connectivity index (χ0) is 18.1. The van der Waals surface area contributed by atoms with Gasteiger partial charge in [0.25, 0.3) is 5.56 Å². The van der Waals surface area contributed by atoms with E-state index in [1.165, 1.54) is 0 Å². The van der Waals surface area contributed by atoms with Crippen LogP contribution in [0.4, 0.5) is 0 Å². The summed E-state index contributed by atoms with van der Waals surface area (Å²) < 4.78 is 5.60. The number of carbonyl (C=O) groups is 1. The van der Waals surface area contributed by atoms with Gasteiger partial charge in [-0.2, -0.15) is 5.10 Å². The first-order chi connectivity index (χ1) is 12.6. The predicted octanol–water partition coefficient (Wildman–Crippen LogP) is 2.48. The molecule has 2 heterocycles. The summed E-state index contributed by atoms with van der Waals surface area (Å²) in [6, 6.07) is 14.5. The number of amides is 1. The van der Waals surface area contributed by atoms with Crippen LogP contribution in [0.2, 0.25) is 0 Å². The number of H-pyrrole nitrogens is 1. The van der Waals surface area contributed by atoms with Gasteiger partial charge in [0.1, 0.15) is 5.52 Å². The summed E-state index contributed by atoms with van der Waals surface area (Å²) in [6.45, 7) is 1.92. The van der Waals surface area contributed by atoms with Crippen molar-refractivity contribution in [2.75, 3.05) is 0 Å². The van der Waals surface area contributed by atoms with Crippen molar-refractivity contribution in [2.45, 2.75) is 19.4 Å².